The van der Waals surface area contributed by atoms with Crippen LogP contribution in [0.5, 0.6) is 0 Å². The molecular formula is C20H38N2O4S. The highest BCUT2D eigenvalue weighted by atomic mass is 32.2. The number of likely N-dealkylation sites (tertiary alicyclic amines) is 1. The summed E-state index contributed by atoms with van der Waals surface area (Å²) in [7, 11) is -3.59. The minimum Gasteiger partial charge on any atom is -0.376 e. The van der Waals surface area contributed by atoms with Gasteiger partial charge in [-0.25, -0.2) is 13.1 Å². The third kappa shape index (κ3) is 7.02. The number of hydrogen-bond acceptors (Lipinski definition) is 4. The first-order valence-corrected chi connectivity index (χ1v) is 11.6. The molecule has 158 valence electrons. The van der Waals surface area contributed by atoms with E-state index in [4.69, 9.17) is 13.0 Å². The summed E-state index contributed by atoms with van der Waals surface area (Å²) in [5, 5.41) is 0. The second-order valence-electron chi connectivity index (χ2n) is 7.58. The molecule has 0 spiro atoms. The monoisotopic (exact) mass is 408 g/mol. The molecule has 0 aromatic rings. The summed E-state index contributed by atoms with van der Waals surface area (Å²) in [6.45, 7) is 5.31. The third-order valence-electron chi connectivity index (χ3n) is 4.90. The molecular weight excluding hydrogens is 364 g/mol. The second kappa shape index (κ2) is 10.2. The number of rotatable bonds is 8. The molecule has 1 N–H and O–H groups in total. The molecule has 1 amide bonds. The van der Waals surface area contributed by atoms with Gasteiger partial charge in [0, 0.05) is 25.9 Å². The molecule has 1 saturated heterocycles. The largest absolute Gasteiger partial charge is 0.376 e. The number of nitrogens with one attached hydrogen (secondary N) is 1. The molecule has 1 aliphatic heterocycles. The van der Waals surface area contributed by atoms with E-state index in [0.29, 0.717) is 25.8 Å². The number of carbonyl (C=O) groups excluding carboxylic acids is 1. The van der Waals surface area contributed by atoms with E-state index in [2.05, 4.69) is 4.72 Å². The van der Waals surface area contributed by atoms with E-state index >= 15 is 0 Å². The standard InChI is InChI=1S/C20H38N2O4S/c1-5-7-20(23)22-13-6-8-18(21-27(4,24)25)19(22)14-26-17-11-9-16(10-12-17)15(2)3/h15-19,21H,5-14H2,1-4H3/t16?,17?,18-,19-/m0/s1/i9D,10D,11D,12D,16D,17D/t9?,10?,11?,12?,16?,17?,18-,19-. The molecule has 0 bridgehead atoms. The van der Waals surface area contributed by atoms with Crippen molar-refractivity contribution < 1.29 is 26.2 Å². The summed E-state index contributed by atoms with van der Waals surface area (Å²) in [6.07, 6.45) is -5.32. The van der Waals surface area contributed by atoms with Crippen LogP contribution in [0.1, 0.15) is 80.3 Å². The summed E-state index contributed by atoms with van der Waals surface area (Å²) < 4.78 is 83.5. The van der Waals surface area contributed by atoms with Crippen LogP contribution < -0.4 is 4.72 Å². The zero-order valence-electron chi connectivity index (χ0n) is 22.8. The zero-order valence-corrected chi connectivity index (χ0v) is 17.6. The van der Waals surface area contributed by atoms with Gasteiger partial charge in [-0.1, -0.05) is 20.8 Å². The van der Waals surface area contributed by atoms with Gasteiger partial charge in [0.2, 0.25) is 15.9 Å². The van der Waals surface area contributed by atoms with Gasteiger partial charge >= 0.3 is 0 Å². The van der Waals surface area contributed by atoms with Gasteiger partial charge in [-0.05, 0) is 56.7 Å². The number of hydrogen-bond donors (Lipinski definition) is 1. The summed E-state index contributed by atoms with van der Waals surface area (Å²) in [6, 6.07) is -1.39. The van der Waals surface area contributed by atoms with Crippen molar-refractivity contribution in [1.82, 2.24) is 9.62 Å². The Balaban J connectivity index is 2.33. The number of nitrogens with zero attached hydrogens (tertiary/aromatic N) is 1. The Labute approximate surface area is 173 Å². The van der Waals surface area contributed by atoms with Crippen molar-refractivity contribution in [1.29, 1.82) is 0 Å². The average molecular weight is 409 g/mol. The maximum atomic E-state index is 12.7. The Morgan fingerprint density at radius 1 is 1.33 bits per heavy atom. The van der Waals surface area contributed by atoms with Gasteiger partial charge < -0.3 is 9.64 Å². The smallest absolute Gasteiger partial charge is 0.222 e. The molecule has 0 aromatic heterocycles. The third-order valence-corrected chi connectivity index (χ3v) is 5.63. The molecule has 7 heteroatoms. The molecule has 6 atom stereocenters. The molecule has 2 rings (SSSR count). The predicted molar refractivity (Wildman–Crippen MR) is 108 cm³/mol. The van der Waals surface area contributed by atoms with E-state index < -0.39 is 65.6 Å². The van der Waals surface area contributed by atoms with E-state index in [-0.39, 0.29) is 18.9 Å². The highest BCUT2D eigenvalue weighted by molar-refractivity contribution is 7.88. The van der Waals surface area contributed by atoms with Gasteiger partial charge in [-0.2, -0.15) is 0 Å². The van der Waals surface area contributed by atoms with Gasteiger partial charge in [0.05, 0.1) is 26.4 Å². The maximum Gasteiger partial charge on any atom is 0.222 e. The van der Waals surface area contributed by atoms with Crippen molar-refractivity contribution in [3.63, 3.8) is 0 Å². The fourth-order valence-electron chi connectivity index (χ4n) is 3.47. The van der Waals surface area contributed by atoms with Crippen LogP contribution in [0, 0.1) is 11.8 Å². The van der Waals surface area contributed by atoms with Gasteiger partial charge in [0.15, 0.2) is 0 Å². The van der Waals surface area contributed by atoms with Crippen LogP contribution >= 0.6 is 0 Å². The molecule has 6 nitrogen and oxygen atoms in total. The zero-order chi connectivity index (χ0) is 25.4. The van der Waals surface area contributed by atoms with Crippen LogP contribution in [-0.2, 0) is 19.6 Å². The van der Waals surface area contributed by atoms with Gasteiger partial charge in [0.1, 0.15) is 0 Å². The van der Waals surface area contributed by atoms with Crippen molar-refractivity contribution in [3.05, 3.63) is 0 Å². The van der Waals surface area contributed by atoms with Gasteiger partial charge in [-0.15, -0.1) is 0 Å². The lowest BCUT2D eigenvalue weighted by Crippen LogP contribution is -2.59. The van der Waals surface area contributed by atoms with E-state index in [1.54, 1.807) is 18.7 Å². The molecule has 0 aromatic carbocycles. The Bertz CT molecular complexity index is 785. The molecule has 2 aliphatic rings. The van der Waals surface area contributed by atoms with Crippen LogP contribution in [0.2, 0.25) is 0 Å². The summed E-state index contributed by atoms with van der Waals surface area (Å²) in [5.74, 6) is -2.32. The number of piperidine rings is 1. The van der Waals surface area contributed by atoms with Gasteiger partial charge in [-0.3, -0.25) is 4.79 Å². The van der Waals surface area contributed by atoms with E-state index in [9.17, 15) is 13.2 Å². The average Bonchev–Trinajstić information content (AvgIpc) is 2.73. The summed E-state index contributed by atoms with van der Waals surface area (Å²) in [5.41, 5.74) is 0. The molecule has 1 saturated carbocycles. The number of ether oxygens (including phenoxy) is 1. The fourth-order valence-corrected chi connectivity index (χ4v) is 4.30. The minimum absolute atomic E-state index is 0.166. The summed E-state index contributed by atoms with van der Waals surface area (Å²) >= 11 is 0. The SMILES string of the molecule is [2H]C1C([2H])C([2H])(C(C)C)C([2H])C([2H])C1([2H])OC[C@H]1[C@@H](NS(C)(=O)=O)CCCN1C(=O)CCC. The number of carbonyl (C=O) groups is 1. The van der Waals surface area contributed by atoms with Crippen molar-refractivity contribution in [2.45, 2.75) is 90.2 Å². The fraction of sp³-hybridized carbons (Fsp3) is 0.950. The van der Waals surface area contributed by atoms with Crippen LogP contribution in [0.15, 0.2) is 0 Å². The minimum atomic E-state index is -3.59. The van der Waals surface area contributed by atoms with Crippen LogP contribution in [0.25, 0.3) is 0 Å². The first-order valence-electron chi connectivity index (χ1n) is 13.0. The molecule has 1 aliphatic carbocycles. The topological polar surface area (TPSA) is 75.7 Å². The molecule has 0 radical (unpaired) electrons. The lowest BCUT2D eigenvalue weighted by atomic mass is 9.80. The quantitative estimate of drug-likeness (QED) is 0.670. The highest BCUT2D eigenvalue weighted by Gasteiger charge is 2.36. The first kappa shape index (κ1) is 15.2. The van der Waals surface area contributed by atoms with Crippen LogP contribution in [0.4, 0.5) is 0 Å². The molecule has 1 heterocycles. The Morgan fingerprint density at radius 3 is 2.56 bits per heavy atom. The predicted octanol–water partition coefficient (Wildman–Crippen LogP) is 2.93. The Kier molecular flexibility index (Phi) is 5.76. The molecule has 4 unspecified atom stereocenters. The molecule has 27 heavy (non-hydrogen) atoms. The highest BCUT2D eigenvalue weighted by Crippen LogP contribution is 2.32. The van der Waals surface area contributed by atoms with Crippen molar-refractivity contribution in [2.75, 3.05) is 19.4 Å². The first-order chi connectivity index (χ1) is 15.1. The van der Waals surface area contributed by atoms with Gasteiger partial charge in [0.25, 0.3) is 0 Å². The molecule has 2 fully saturated rings. The second-order valence-corrected chi connectivity index (χ2v) is 9.36. The lowest BCUT2D eigenvalue weighted by molar-refractivity contribution is -0.138. The van der Waals surface area contributed by atoms with Crippen molar-refractivity contribution in [2.24, 2.45) is 11.8 Å². The summed E-state index contributed by atoms with van der Waals surface area (Å²) in [4.78, 5) is 14.3. The lowest BCUT2D eigenvalue weighted by Gasteiger charge is -2.42. The van der Waals surface area contributed by atoms with Crippen molar-refractivity contribution >= 4 is 15.9 Å². The number of sulfonamides is 1. The van der Waals surface area contributed by atoms with E-state index in [0.717, 1.165) is 6.26 Å². The Morgan fingerprint density at radius 2 is 2.00 bits per heavy atom. The normalized spacial score (nSPS) is 49.4. The van der Waals surface area contributed by atoms with E-state index in [1.165, 1.54) is 0 Å². The Hall–Kier alpha value is -0.660. The van der Waals surface area contributed by atoms with E-state index in [1.807, 2.05) is 6.92 Å². The number of amides is 1. The van der Waals surface area contributed by atoms with Crippen LogP contribution in [-0.4, -0.2) is 56.8 Å². The van der Waals surface area contributed by atoms with Crippen molar-refractivity contribution in [3.8, 4) is 0 Å². The van der Waals surface area contributed by atoms with Crippen LogP contribution in [0.3, 0.4) is 0 Å². The maximum absolute atomic E-state index is 12.7.